The van der Waals surface area contributed by atoms with E-state index in [4.69, 9.17) is 5.73 Å². The van der Waals surface area contributed by atoms with Crippen LogP contribution in [0.3, 0.4) is 0 Å². The smallest absolute Gasteiger partial charge is 0.149 e. The zero-order chi connectivity index (χ0) is 13.1. The van der Waals surface area contributed by atoms with Crippen LogP contribution in [0, 0.1) is 5.82 Å². The highest BCUT2D eigenvalue weighted by Gasteiger charge is 2.25. The van der Waals surface area contributed by atoms with E-state index in [1.807, 2.05) is 4.90 Å². The summed E-state index contributed by atoms with van der Waals surface area (Å²) in [6.45, 7) is 2.27. The number of hydrogen-bond acceptors (Lipinski definition) is 4. The van der Waals surface area contributed by atoms with Crippen LogP contribution in [0.4, 0.5) is 14.5 Å². The Bertz CT molecular complexity index is 431. The molecule has 0 aromatic heterocycles. The van der Waals surface area contributed by atoms with E-state index in [1.165, 1.54) is 6.07 Å². The second-order valence-electron chi connectivity index (χ2n) is 4.35. The summed E-state index contributed by atoms with van der Waals surface area (Å²) in [5.41, 5.74) is 5.45. The molecule has 0 aliphatic carbocycles. The summed E-state index contributed by atoms with van der Waals surface area (Å²) in [6.07, 6.45) is 0. The highest BCUT2D eigenvalue weighted by Crippen LogP contribution is 2.35. The molecule has 0 saturated carbocycles. The SMILES string of the molecule is Cl.Cl.Nc1c(F)ccc([C@@H](CF)N2CCNCC2)c1O. The lowest BCUT2D eigenvalue weighted by Gasteiger charge is -2.34. The number of nitrogens with two attached hydrogens (primary N) is 1. The molecule has 1 aromatic rings. The van der Waals surface area contributed by atoms with Crippen molar-refractivity contribution in [3.8, 4) is 5.75 Å². The van der Waals surface area contributed by atoms with Gasteiger partial charge >= 0.3 is 0 Å². The maximum absolute atomic E-state index is 13.2. The van der Waals surface area contributed by atoms with E-state index in [2.05, 4.69) is 5.32 Å². The molecule has 20 heavy (non-hydrogen) atoms. The van der Waals surface area contributed by atoms with E-state index < -0.39 is 18.5 Å². The van der Waals surface area contributed by atoms with Gasteiger partial charge in [0, 0.05) is 31.7 Å². The average Bonchev–Trinajstić information content (AvgIpc) is 2.41. The van der Waals surface area contributed by atoms with E-state index in [0.29, 0.717) is 18.7 Å². The largest absolute Gasteiger partial charge is 0.505 e. The Hall–Kier alpha value is -0.820. The number of anilines is 1. The van der Waals surface area contributed by atoms with E-state index in [0.717, 1.165) is 19.2 Å². The van der Waals surface area contributed by atoms with Crippen LogP contribution < -0.4 is 11.1 Å². The fraction of sp³-hybridized carbons (Fsp3) is 0.500. The van der Waals surface area contributed by atoms with Crippen LogP contribution in [-0.4, -0.2) is 42.9 Å². The van der Waals surface area contributed by atoms with Crippen LogP contribution in [0.25, 0.3) is 0 Å². The first-order valence-electron chi connectivity index (χ1n) is 5.92. The number of hydrogen-bond donors (Lipinski definition) is 3. The van der Waals surface area contributed by atoms with Gasteiger partial charge in [0.25, 0.3) is 0 Å². The summed E-state index contributed by atoms with van der Waals surface area (Å²) in [5.74, 6) is -1.04. The van der Waals surface area contributed by atoms with Gasteiger partial charge in [-0.25, -0.2) is 8.78 Å². The number of alkyl halides is 1. The molecule has 0 bridgehead atoms. The lowest BCUT2D eigenvalue weighted by molar-refractivity contribution is 0.145. The Morgan fingerprint density at radius 1 is 1.30 bits per heavy atom. The van der Waals surface area contributed by atoms with E-state index in [1.54, 1.807) is 0 Å². The van der Waals surface area contributed by atoms with Gasteiger partial charge in [0.05, 0.1) is 6.04 Å². The standard InChI is InChI=1S/C12H17F2N3O.2ClH/c13-7-10(17-5-3-16-4-6-17)8-1-2-9(14)11(15)12(8)18;;/h1-2,10,16,18H,3-7,15H2;2*1H/t10-;;/m1../s1. The minimum Gasteiger partial charge on any atom is -0.505 e. The molecule has 0 spiro atoms. The fourth-order valence-corrected chi connectivity index (χ4v) is 2.24. The van der Waals surface area contributed by atoms with Gasteiger partial charge in [0.15, 0.2) is 0 Å². The summed E-state index contributed by atoms with van der Waals surface area (Å²) >= 11 is 0. The Labute approximate surface area is 129 Å². The van der Waals surface area contributed by atoms with Crippen molar-refractivity contribution in [2.75, 3.05) is 38.6 Å². The van der Waals surface area contributed by atoms with Crippen LogP contribution >= 0.6 is 24.8 Å². The molecule has 1 saturated heterocycles. The number of benzene rings is 1. The number of nitrogens with zero attached hydrogens (tertiary/aromatic N) is 1. The third-order valence-electron chi connectivity index (χ3n) is 3.29. The van der Waals surface area contributed by atoms with E-state index in [9.17, 15) is 13.9 Å². The first-order valence-corrected chi connectivity index (χ1v) is 5.92. The van der Waals surface area contributed by atoms with Gasteiger partial charge in [-0.3, -0.25) is 4.90 Å². The van der Waals surface area contributed by atoms with Gasteiger partial charge in [0.2, 0.25) is 0 Å². The number of halogens is 4. The summed E-state index contributed by atoms with van der Waals surface area (Å²) in [6, 6.07) is 1.98. The van der Waals surface area contributed by atoms with Crippen LogP contribution in [0.2, 0.25) is 0 Å². The molecule has 0 amide bonds. The zero-order valence-electron chi connectivity index (χ0n) is 10.8. The second-order valence-corrected chi connectivity index (χ2v) is 4.35. The number of phenolic OH excluding ortho intramolecular Hbond substituents is 1. The maximum atomic E-state index is 13.2. The molecule has 1 heterocycles. The molecule has 2 rings (SSSR count). The van der Waals surface area contributed by atoms with Crippen LogP contribution in [0.5, 0.6) is 5.75 Å². The zero-order valence-corrected chi connectivity index (χ0v) is 12.4. The second kappa shape index (κ2) is 8.46. The molecule has 1 aromatic carbocycles. The van der Waals surface area contributed by atoms with Crippen molar-refractivity contribution in [3.05, 3.63) is 23.5 Å². The number of nitrogen functional groups attached to an aromatic ring is 1. The molecule has 0 unspecified atom stereocenters. The minimum absolute atomic E-state index is 0. The normalized spacial score (nSPS) is 16.9. The van der Waals surface area contributed by atoms with Crippen molar-refractivity contribution in [2.45, 2.75) is 6.04 Å². The third kappa shape index (κ3) is 3.85. The van der Waals surface area contributed by atoms with Crippen LogP contribution in [0.1, 0.15) is 11.6 Å². The van der Waals surface area contributed by atoms with Crippen molar-refractivity contribution in [3.63, 3.8) is 0 Å². The number of aromatic hydroxyl groups is 1. The molecule has 8 heteroatoms. The predicted molar refractivity (Wildman–Crippen MR) is 80.1 cm³/mol. The monoisotopic (exact) mass is 329 g/mol. The summed E-state index contributed by atoms with van der Waals surface area (Å²) < 4.78 is 26.4. The molecule has 116 valence electrons. The van der Waals surface area contributed by atoms with Gasteiger partial charge < -0.3 is 16.2 Å². The Kier molecular flexibility index (Phi) is 8.12. The minimum atomic E-state index is -0.686. The maximum Gasteiger partial charge on any atom is 0.149 e. The lowest BCUT2D eigenvalue weighted by Crippen LogP contribution is -2.45. The first-order chi connectivity index (χ1) is 8.65. The summed E-state index contributed by atoms with van der Waals surface area (Å²) in [5, 5.41) is 13.0. The molecule has 4 N–H and O–H groups in total. The van der Waals surface area contributed by atoms with Gasteiger partial charge in [-0.05, 0) is 6.07 Å². The Morgan fingerprint density at radius 3 is 2.45 bits per heavy atom. The number of piperazine rings is 1. The lowest BCUT2D eigenvalue weighted by atomic mass is 10.0. The molecule has 0 radical (unpaired) electrons. The van der Waals surface area contributed by atoms with Crippen LogP contribution in [-0.2, 0) is 0 Å². The molecule has 1 aliphatic rings. The summed E-state index contributed by atoms with van der Waals surface area (Å²) in [7, 11) is 0. The van der Waals surface area contributed by atoms with Crippen molar-refractivity contribution in [2.24, 2.45) is 0 Å². The fourth-order valence-electron chi connectivity index (χ4n) is 2.24. The molecule has 1 aliphatic heterocycles. The summed E-state index contributed by atoms with van der Waals surface area (Å²) in [4.78, 5) is 1.92. The van der Waals surface area contributed by atoms with Gasteiger partial charge in [-0.1, -0.05) is 6.07 Å². The van der Waals surface area contributed by atoms with E-state index in [-0.39, 0.29) is 36.3 Å². The van der Waals surface area contributed by atoms with Crippen molar-refractivity contribution >= 4 is 30.5 Å². The van der Waals surface area contributed by atoms with Gasteiger partial charge in [-0.15, -0.1) is 24.8 Å². The van der Waals surface area contributed by atoms with Crippen LogP contribution in [0.15, 0.2) is 12.1 Å². The van der Waals surface area contributed by atoms with Crippen molar-refractivity contribution < 1.29 is 13.9 Å². The van der Waals surface area contributed by atoms with E-state index >= 15 is 0 Å². The molecular formula is C12H19Cl2F2N3O. The quantitative estimate of drug-likeness (QED) is 0.585. The molecule has 1 atom stereocenters. The predicted octanol–water partition coefficient (Wildman–Crippen LogP) is 1.87. The van der Waals surface area contributed by atoms with Gasteiger partial charge in [0.1, 0.15) is 23.9 Å². The average molecular weight is 330 g/mol. The molecular weight excluding hydrogens is 311 g/mol. The Morgan fingerprint density at radius 2 is 1.90 bits per heavy atom. The number of phenols is 1. The van der Waals surface area contributed by atoms with Crippen molar-refractivity contribution in [1.82, 2.24) is 10.2 Å². The van der Waals surface area contributed by atoms with Gasteiger partial charge in [-0.2, -0.15) is 0 Å². The number of nitrogens with one attached hydrogen (secondary N) is 1. The molecule has 1 fully saturated rings. The highest BCUT2D eigenvalue weighted by atomic mass is 35.5. The third-order valence-corrected chi connectivity index (χ3v) is 3.29. The Balaban J connectivity index is 0.00000180. The first kappa shape index (κ1) is 19.2. The highest BCUT2D eigenvalue weighted by molar-refractivity contribution is 5.85. The number of rotatable bonds is 3. The van der Waals surface area contributed by atoms with Crippen molar-refractivity contribution in [1.29, 1.82) is 0 Å². The topological polar surface area (TPSA) is 61.5 Å². The molecule has 4 nitrogen and oxygen atoms in total.